The highest BCUT2D eigenvalue weighted by molar-refractivity contribution is 4.87. The van der Waals surface area contributed by atoms with Crippen molar-refractivity contribution in [2.45, 2.75) is 32.7 Å². The third-order valence-corrected chi connectivity index (χ3v) is 4.12. The van der Waals surface area contributed by atoms with Crippen molar-refractivity contribution >= 4 is 0 Å². The minimum Gasteiger partial charge on any atom is -0.317 e. The summed E-state index contributed by atoms with van der Waals surface area (Å²) in [5.74, 6) is 1.71. The van der Waals surface area contributed by atoms with Crippen molar-refractivity contribution in [1.29, 1.82) is 0 Å². The van der Waals surface area contributed by atoms with E-state index >= 15 is 0 Å². The van der Waals surface area contributed by atoms with Gasteiger partial charge in [0.05, 0.1) is 0 Å². The molecule has 0 amide bonds. The molecule has 0 aromatic rings. The molecule has 2 N–H and O–H groups in total. The Morgan fingerprint density at radius 3 is 2.06 bits per heavy atom. The molecule has 94 valence electrons. The maximum Gasteiger partial charge on any atom is 0.0148 e. The van der Waals surface area contributed by atoms with Crippen LogP contribution in [0.5, 0.6) is 0 Å². The first-order chi connectivity index (χ1) is 7.79. The van der Waals surface area contributed by atoms with Crippen molar-refractivity contribution in [2.75, 3.05) is 39.3 Å². The predicted molar refractivity (Wildman–Crippen MR) is 68.7 cm³/mol. The van der Waals surface area contributed by atoms with E-state index in [1.54, 1.807) is 0 Å². The molecule has 0 aromatic heterocycles. The van der Waals surface area contributed by atoms with Crippen LogP contribution in [-0.4, -0.2) is 50.2 Å². The van der Waals surface area contributed by atoms with E-state index in [-0.39, 0.29) is 0 Å². The average Bonchev–Trinajstić information content (AvgIpc) is 2.31. The van der Waals surface area contributed by atoms with Crippen LogP contribution < -0.4 is 10.6 Å². The second-order valence-corrected chi connectivity index (χ2v) is 5.61. The average molecular weight is 225 g/mol. The molecule has 0 bridgehead atoms. The van der Waals surface area contributed by atoms with Crippen molar-refractivity contribution in [1.82, 2.24) is 15.5 Å². The molecule has 2 rings (SSSR count). The van der Waals surface area contributed by atoms with E-state index in [0.717, 1.165) is 17.9 Å². The number of piperidine rings is 1. The quantitative estimate of drug-likeness (QED) is 0.748. The molecule has 0 saturated carbocycles. The minimum absolute atomic E-state index is 0.793. The summed E-state index contributed by atoms with van der Waals surface area (Å²) >= 11 is 0. The second-order valence-electron chi connectivity index (χ2n) is 5.61. The van der Waals surface area contributed by atoms with Crippen molar-refractivity contribution in [3.05, 3.63) is 0 Å². The van der Waals surface area contributed by atoms with Gasteiger partial charge in [0.2, 0.25) is 0 Å². The molecule has 16 heavy (non-hydrogen) atoms. The van der Waals surface area contributed by atoms with E-state index in [2.05, 4.69) is 29.4 Å². The van der Waals surface area contributed by atoms with Crippen LogP contribution in [0, 0.1) is 11.8 Å². The molecule has 3 nitrogen and oxygen atoms in total. The number of piperazine rings is 1. The van der Waals surface area contributed by atoms with Gasteiger partial charge in [0, 0.05) is 32.2 Å². The first kappa shape index (κ1) is 12.3. The third-order valence-electron chi connectivity index (χ3n) is 4.12. The van der Waals surface area contributed by atoms with E-state index in [1.807, 2.05) is 0 Å². The summed E-state index contributed by atoms with van der Waals surface area (Å²) in [7, 11) is 0. The first-order valence-electron chi connectivity index (χ1n) is 6.94. The SMILES string of the molecule is CC(C)C(C1CCNCC1)N1CCNCC1. The monoisotopic (exact) mass is 225 g/mol. The molecular weight excluding hydrogens is 198 g/mol. The fourth-order valence-electron chi connectivity index (χ4n) is 3.43. The number of nitrogens with one attached hydrogen (secondary N) is 2. The Bertz CT molecular complexity index is 175. The maximum atomic E-state index is 3.48. The number of nitrogens with zero attached hydrogens (tertiary/aromatic N) is 1. The van der Waals surface area contributed by atoms with E-state index in [1.165, 1.54) is 52.1 Å². The van der Waals surface area contributed by atoms with Gasteiger partial charge < -0.3 is 10.6 Å². The fourth-order valence-corrected chi connectivity index (χ4v) is 3.43. The van der Waals surface area contributed by atoms with Crippen LogP contribution in [-0.2, 0) is 0 Å². The van der Waals surface area contributed by atoms with E-state index < -0.39 is 0 Å². The predicted octanol–water partition coefficient (Wildman–Crippen LogP) is 0.916. The lowest BCUT2D eigenvalue weighted by Crippen LogP contribution is -2.54. The molecule has 2 aliphatic rings. The molecule has 2 heterocycles. The summed E-state index contributed by atoms with van der Waals surface area (Å²) in [6.45, 7) is 12.1. The Balaban J connectivity index is 1.96. The zero-order valence-corrected chi connectivity index (χ0v) is 10.8. The molecule has 1 unspecified atom stereocenters. The van der Waals surface area contributed by atoms with Crippen molar-refractivity contribution < 1.29 is 0 Å². The largest absolute Gasteiger partial charge is 0.317 e. The smallest absolute Gasteiger partial charge is 0.0148 e. The van der Waals surface area contributed by atoms with Gasteiger partial charge in [-0.25, -0.2) is 0 Å². The molecule has 0 aromatic carbocycles. The van der Waals surface area contributed by atoms with Crippen LogP contribution in [0.15, 0.2) is 0 Å². The summed E-state index contributed by atoms with van der Waals surface area (Å²) in [6, 6.07) is 0.809. The van der Waals surface area contributed by atoms with Gasteiger partial charge in [-0.3, -0.25) is 4.90 Å². The van der Waals surface area contributed by atoms with Gasteiger partial charge in [-0.05, 0) is 37.8 Å². The van der Waals surface area contributed by atoms with Crippen molar-refractivity contribution in [2.24, 2.45) is 11.8 Å². The van der Waals surface area contributed by atoms with Gasteiger partial charge in [-0.2, -0.15) is 0 Å². The van der Waals surface area contributed by atoms with Gasteiger partial charge in [0.15, 0.2) is 0 Å². The van der Waals surface area contributed by atoms with Crippen LogP contribution in [0.25, 0.3) is 0 Å². The molecule has 2 fully saturated rings. The highest BCUT2D eigenvalue weighted by Crippen LogP contribution is 2.26. The topological polar surface area (TPSA) is 27.3 Å². The Morgan fingerprint density at radius 2 is 1.50 bits per heavy atom. The molecule has 0 radical (unpaired) electrons. The Hall–Kier alpha value is -0.120. The number of hydrogen-bond donors (Lipinski definition) is 2. The van der Waals surface area contributed by atoms with Crippen LogP contribution >= 0.6 is 0 Å². The lowest BCUT2D eigenvalue weighted by Gasteiger charge is -2.43. The van der Waals surface area contributed by atoms with Gasteiger partial charge in [-0.1, -0.05) is 13.8 Å². The van der Waals surface area contributed by atoms with E-state index in [4.69, 9.17) is 0 Å². The standard InChI is InChI=1S/C13H27N3/c1-11(2)13(12-3-5-14-6-4-12)16-9-7-15-8-10-16/h11-15H,3-10H2,1-2H3. The zero-order chi connectivity index (χ0) is 11.4. The fraction of sp³-hybridized carbons (Fsp3) is 1.00. The zero-order valence-electron chi connectivity index (χ0n) is 10.8. The molecule has 2 saturated heterocycles. The van der Waals surface area contributed by atoms with Gasteiger partial charge in [0.25, 0.3) is 0 Å². The number of hydrogen-bond acceptors (Lipinski definition) is 3. The minimum atomic E-state index is 0.793. The van der Waals surface area contributed by atoms with E-state index in [9.17, 15) is 0 Å². The summed E-state index contributed by atoms with van der Waals surface area (Å²) in [4.78, 5) is 2.73. The highest BCUT2D eigenvalue weighted by atomic mass is 15.2. The maximum absolute atomic E-state index is 3.48. The van der Waals surface area contributed by atoms with Gasteiger partial charge in [0.1, 0.15) is 0 Å². The van der Waals surface area contributed by atoms with Crippen LogP contribution in [0.2, 0.25) is 0 Å². The molecule has 0 aliphatic carbocycles. The molecule has 1 atom stereocenters. The Kier molecular flexibility index (Phi) is 4.62. The molecule has 3 heteroatoms. The summed E-state index contributed by atoms with van der Waals surface area (Å²) in [5.41, 5.74) is 0. The van der Waals surface area contributed by atoms with Gasteiger partial charge >= 0.3 is 0 Å². The first-order valence-corrected chi connectivity index (χ1v) is 6.94. The van der Waals surface area contributed by atoms with Crippen molar-refractivity contribution in [3.63, 3.8) is 0 Å². The summed E-state index contributed by atoms with van der Waals surface area (Å²) in [5, 5.41) is 6.94. The number of rotatable bonds is 3. The van der Waals surface area contributed by atoms with Crippen LogP contribution in [0.3, 0.4) is 0 Å². The normalized spacial score (nSPS) is 27.2. The molecule has 2 aliphatic heterocycles. The van der Waals surface area contributed by atoms with Crippen LogP contribution in [0.4, 0.5) is 0 Å². The van der Waals surface area contributed by atoms with Crippen LogP contribution in [0.1, 0.15) is 26.7 Å². The lowest BCUT2D eigenvalue weighted by atomic mass is 9.82. The second kappa shape index (κ2) is 5.99. The Labute approximate surface area is 100.0 Å². The van der Waals surface area contributed by atoms with E-state index in [0.29, 0.717) is 0 Å². The summed E-state index contributed by atoms with van der Waals surface area (Å²) in [6.07, 6.45) is 2.74. The highest BCUT2D eigenvalue weighted by Gasteiger charge is 2.31. The van der Waals surface area contributed by atoms with Crippen molar-refractivity contribution in [3.8, 4) is 0 Å². The molecular formula is C13H27N3. The Morgan fingerprint density at radius 1 is 0.938 bits per heavy atom. The summed E-state index contributed by atoms with van der Waals surface area (Å²) < 4.78 is 0. The van der Waals surface area contributed by atoms with Gasteiger partial charge in [-0.15, -0.1) is 0 Å². The third kappa shape index (κ3) is 2.96. The lowest BCUT2D eigenvalue weighted by molar-refractivity contribution is 0.0739. The molecule has 0 spiro atoms.